The Morgan fingerprint density at radius 2 is 1.16 bits per heavy atom. The van der Waals surface area contributed by atoms with Crippen molar-refractivity contribution < 1.29 is 0 Å². The van der Waals surface area contributed by atoms with Crippen molar-refractivity contribution in [3.05, 3.63) is 156 Å². The van der Waals surface area contributed by atoms with Gasteiger partial charge in [-0.15, -0.1) is 0 Å². The smallest absolute Gasteiger partial charge is 0.145 e. The van der Waals surface area contributed by atoms with Gasteiger partial charge in [0.15, 0.2) is 0 Å². The lowest BCUT2D eigenvalue weighted by Crippen LogP contribution is -2.25. The van der Waals surface area contributed by atoms with Gasteiger partial charge < -0.3 is 18.6 Å². The van der Waals surface area contributed by atoms with Crippen molar-refractivity contribution in [2.75, 3.05) is 16.5 Å². The maximum atomic E-state index is 5.00. The van der Waals surface area contributed by atoms with Gasteiger partial charge in [0.05, 0.1) is 50.0 Å². The molecule has 12 aromatic rings. The first-order chi connectivity index (χ1) is 27.0. The quantitative estimate of drug-likeness (QED) is 0.133. The van der Waals surface area contributed by atoms with Gasteiger partial charge in [0, 0.05) is 61.5 Å². The van der Waals surface area contributed by atoms with Crippen molar-refractivity contribution in [2.24, 2.45) is 0 Å². The van der Waals surface area contributed by atoms with Crippen LogP contribution in [0.15, 0.2) is 140 Å². The number of rotatable bonds is 2. The van der Waals surface area contributed by atoms with E-state index in [4.69, 9.17) is 4.98 Å². The summed E-state index contributed by atoms with van der Waals surface area (Å²) in [6, 6.07) is 47.5. The van der Waals surface area contributed by atoms with Gasteiger partial charge in [-0.05, 0) is 80.4 Å². The summed E-state index contributed by atoms with van der Waals surface area (Å²) in [4.78, 5) is 9.97. The van der Waals surface area contributed by atoms with E-state index in [9.17, 15) is 0 Å². The molecule has 7 aromatic carbocycles. The lowest BCUT2D eigenvalue weighted by atomic mass is 9.99. The average Bonchev–Trinajstić information content (AvgIpc) is 3.99. The number of fused-ring (bicyclic) bond motifs is 16. The Bertz CT molecular complexity index is 3610. The van der Waals surface area contributed by atoms with E-state index in [0.29, 0.717) is 0 Å². The molecule has 0 saturated heterocycles. The molecular weight excluding hydrogens is 673 g/mol. The number of benzene rings is 7. The molecule has 6 nitrogen and oxygen atoms in total. The molecule has 0 fully saturated rings. The maximum absolute atomic E-state index is 5.00. The van der Waals surface area contributed by atoms with Gasteiger partial charge in [0.25, 0.3) is 0 Å². The van der Waals surface area contributed by atoms with Gasteiger partial charge in [0.2, 0.25) is 0 Å². The van der Waals surface area contributed by atoms with E-state index < -0.39 is 0 Å². The third kappa shape index (κ3) is 3.57. The van der Waals surface area contributed by atoms with Crippen LogP contribution in [0.5, 0.6) is 0 Å². The van der Waals surface area contributed by atoms with Gasteiger partial charge in [-0.3, -0.25) is 4.40 Å². The summed E-state index contributed by atoms with van der Waals surface area (Å²) in [5, 5.41) is 8.70. The molecule has 0 amide bonds. The second-order valence-corrected chi connectivity index (χ2v) is 15.5. The highest BCUT2D eigenvalue weighted by atomic mass is 15.4. The van der Waals surface area contributed by atoms with Crippen LogP contribution in [0, 0.1) is 20.8 Å². The topological polar surface area (TPSA) is 32.6 Å². The first-order valence-corrected chi connectivity index (χ1v) is 19.1. The van der Waals surface area contributed by atoms with Crippen LogP contribution in [0.1, 0.15) is 16.7 Å². The van der Waals surface area contributed by atoms with E-state index >= 15 is 0 Å². The van der Waals surface area contributed by atoms with E-state index in [1.165, 1.54) is 110 Å². The summed E-state index contributed by atoms with van der Waals surface area (Å²) in [5.41, 5.74) is 18.3. The normalized spacial score (nSPS) is 13.6. The number of hydrogen-bond donors (Lipinski definition) is 0. The molecule has 0 saturated carbocycles. The number of anilines is 4. The molecule has 55 heavy (non-hydrogen) atoms. The molecule has 1 aliphatic heterocycles. The summed E-state index contributed by atoms with van der Waals surface area (Å²) in [6.07, 6.45) is 4.03. The summed E-state index contributed by atoms with van der Waals surface area (Å²) in [7, 11) is 0. The van der Waals surface area contributed by atoms with Crippen LogP contribution in [-0.2, 0) is 0 Å². The molecule has 0 spiro atoms. The van der Waals surface area contributed by atoms with Crippen LogP contribution >= 0.6 is 0 Å². The molecule has 0 bridgehead atoms. The molecule has 13 rings (SSSR count). The standard InChI is InChI=1S/C49H34N6/c1-28-23-29(2)46(30(3)24-28)53-27-52(39-16-8-9-17-40(39)53)31-19-20-32-33-13-10-18-41-47(33)55(42(32)25-31)43-26-36-44(45-35-12-5-7-15-38(35)54(41)48(43)45)34-11-4-6-14-37(34)51-22-21-50-49(36)51/h4-26H,27H2,1-3H3. The Balaban J connectivity index is 1.17. The lowest BCUT2D eigenvalue weighted by Gasteiger charge is -2.25. The largest absolute Gasteiger partial charge is 0.321 e. The predicted octanol–water partition coefficient (Wildman–Crippen LogP) is 12.4. The minimum Gasteiger partial charge on any atom is -0.321 e. The van der Waals surface area contributed by atoms with Crippen LogP contribution < -0.4 is 9.80 Å². The third-order valence-corrected chi connectivity index (χ3v) is 12.4. The molecule has 5 aromatic heterocycles. The molecule has 260 valence electrons. The zero-order valence-electron chi connectivity index (χ0n) is 30.7. The molecule has 0 aliphatic carbocycles. The number of pyridine rings is 1. The van der Waals surface area contributed by atoms with Crippen molar-refractivity contribution in [2.45, 2.75) is 20.8 Å². The molecular formula is C49H34N6. The molecule has 0 atom stereocenters. The van der Waals surface area contributed by atoms with Crippen LogP contribution in [0.4, 0.5) is 22.7 Å². The Hall–Kier alpha value is -7.05. The Labute approximate surface area is 315 Å². The first-order valence-electron chi connectivity index (χ1n) is 19.1. The zero-order valence-corrected chi connectivity index (χ0v) is 30.7. The highest BCUT2D eigenvalue weighted by Gasteiger charge is 2.31. The molecule has 6 heterocycles. The van der Waals surface area contributed by atoms with Gasteiger partial charge in [-0.1, -0.05) is 84.4 Å². The van der Waals surface area contributed by atoms with Crippen LogP contribution in [-0.4, -0.2) is 24.9 Å². The van der Waals surface area contributed by atoms with Gasteiger partial charge in [-0.2, -0.15) is 0 Å². The minimum atomic E-state index is 0.737. The summed E-state index contributed by atoms with van der Waals surface area (Å²) < 4.78 is 7.32. The van der Waals surface area contributed by atoms with Crippen molar-refractivity contribution in [1.29, 1.82) is 0 Å². The number of hydrogen-bond acceptors (Lipinski definition) is 3. The Kier molecular flexibility index (Phi) is 5.41. The zero-order chi connectivity index (χ0) is 36.3. The van der Waals surface area contributed by atoms with Crippen molar-refractivity contribution >= 4 is 105 Å². The monoisotopic (exact) mass is 706 g/mol. The second kappa shape index (κ2) is 10.1. The van der Waals surface area contributed by atoms with Crippen LogP contribution in [0.25, 0.3) is 82.0 Å². The summed E-state index contributed by atoms with van der Waals surface area (Å²) >= 11 is 0. The maximum Gasteiger partial charge on any atom is 0.145 e. The number of para-hydroxylation sites is 5. The van der Waals surface area contributed by atoms with Crippen LogP contribution in [0.2, 0.25) is 0 Å². The summed E-state index contributed by atoms with van der Waals surface area (Å²) in [6.45, 7) is 7.40. The number of aryl methyl sites for hydroxylation is 3. The molecule has 0 N–H and O–H groups in total. The van der Waals surface area contributed by atoms with Gasteiger partial charge in [-0.25, -0.2) is 4.98 Å². The molecule has 0 radical (unpaired) electrons. The fourth-order valence-electron chi connectivity index (χ4n) is 10.5. The van der Waals surface area contributed by atoms with Crippen molar-refractivity contribution in [1.82, 2.24) is 18.2 Å². The summed E-state index contributed by atoms with van der Waals surface area (Å²) in [5.74, 6) is 0. The SMILES string of the molecule is Cc1cc(C)c(N2CN(c3ccc4c5cccc6c5n(c4c3)c3cc4c(c5ccccc5n5ccnc45)c4c5ccccc5n6c43)c3ccccc32)c(C)c1. The van der Waals surface area contributed by atoms with Crippen molar-refractivity contribution in [3.8, 4) is 0 Å². The third-order valence-electron chi connectivity index (χ3n) is 12.4. The fourth-order valence-corrected chi connectivity index (χ4v) is 10.5. The molecule has 0 unspecified atom stereocenters. The number of imidazole rings is 1. The average molecular weight is 707 g/mol. The minimum absolute atomic E-state index is 0.737. The Morgan fingerprint density at radius 3 is 1.98 bits per heavy atom. The fraction of sp³-hybridized carbons (Fsp3) is 0.0816. The van der Waals surface area contributed by atoms with Crippen LogP contribution in [0.3, 0.4) is 0 Å². The van der Waals surface area contributed by atoms with Gasteiger partial charge >= 0.3 is 0 Å². The highest BCUT2D eigenvalue weighted by molar-refractivity contribution is 6.34. The lowest BCUT2D eigenvalue weighted by molar-refractivity contribution is 0.979. The Morgan fingerprint density at radius 1 is 0.491 bits per heavy atom. The van der Waals surface area contributed by atoms with E-state index in [-0.39, 0.29) is 0 Å². The molecule has 6 heteroatoms. The highest BCUT2D eigenvalue weighted by Crippen LogP contribution is 2.49. The van der Waals surface area contributed by atoms with Crippen molar-refractivity contribution in [3.63, 3.8) is 0 Å². The van der Waals surface area contributed by atoms with E-state index in [2.05, 4.69) is 177 Å². The van der Waals surface area contributed by atoms with Gasteiger partial charge in [0.1, 0.15) is 12.3 Å². The van der Waals surface area contributed by atoms with E-state index in [0.717, 1.165) is 17.7 Å². The second-order valence-electron chi connectivity index (χ2n) is 15.5. The molecule has 1 aliphatic rings. The number of nitrogens with zero attached hydrogens (tertiary/aromatic N) is 6. The predicted molar refractivity (Wildman–Crippen MR) is 230 cm³/mol. The van der Waals surface area contributed by atoms with E-state index in [1.807, 2.05) is 6.20 Å². The number of aromatic nitrogens is 4. The van der Waals surface area contributed by atoms with E-state index in [1.54, 1.807) is 0 Å². The first kappa shape index (κ1) is 29.4.